The number of thiophene rings is 1. The molecule has 0 spiro atoms. The fourth-order valence-corrected chi connectivity index (χ4v) is 1.75. The van der Waals surface area contributed by atoms with Crippen LogP contribution in [0.3, 0.4) is 0 Å². The molecule has 2 unspecified atom stereocenters. The van der Waals surface area contributed by atoms with Crippen LogP contribution in [0.25, 0.3) is 0 Å². The van der Waals surface area contributed by atoms with E-state index in [0.717, 1.165) is 11.3 Å². The van der Waals surface area contributed by atoms with Crippen LogP contribution in [0.5, 0.6) is 0 Å². The maximum Gasteiger partial charge on any atom is 0.324 e. The second kappa shape index (κ2) is 4.47. The molecule has 1 aromatic heterocycles. The lowest BCUT2D eigenvalue weighted by Gasteiger charge is -2.12. The molecule has 0 saturated carbocycles. The molecule has 0 aromatic carbocycles. The normalized spacial score (nSPS) is 15.1. The van der Waals surface area contributed by atoms with Gasteiger partial charge in [0.2, 0.25) is 0 Å². The molecule has 0 amide bonds. The number of hydrogen-bond donors (Lipinski definition) is 3. The summed E-state index contributed by atoms with van der Waals surface area (Å²) in [7, 11) is 0. The monoisotopic (exact) mass is 219 g/mol. The van der Waals surface area contributed by atoms with Crippen molar-refractivity contribution in [1.29, 1.82) is 0 Å². The van der Waals surface area contributed by atoms with Crippen molar-refractivity contribution < 1.29 is 20.2 Å². The maximum absolute atomic E-state index is 10.3. The van der Waals surface area contributed by atoms with E-state index in [1.807, 2.05) is 0 Å². The molecule has 3 N–H and O–H groups in total. The van der Waals surface area contributed by atoms with E-state index in [2.05, 4.69) is 0 Å². The molecule has 2 atom stereocenters. The first kappa shape index (κ1) is 11.1. The van der Waals surface area contributed by atoms with Crippen molar-refractivity contribution in [3.8, 4) is 0 Å². The van der Waals surface area contributed by atoms with Gasteiger partial charge in [-0.3, -0.25) is 10.1 Å². The number of rotatable bonds is 4. The first-order valence-corrected chi connectivity index (χ1v) is 4.59. The molecule has 0 aliphatic heterocycles. The molecule has 1 aromatic rings. The van der Waals surface area contributed by atoms with Crippen LogP contribution in [-0.2, 0) is 0 Å². The summed E-state index contributed by atoms with van der Waals surface area (Å²) in [5.74, 6) is 0. The van der Waals surface area contributed by atoms with Gasteiger partial charge < -0.3 is 15.3 Å². The summed E-state index contributed by atoms with van der Waals surface area (Å²) < 4.78 is 0. The largest absolute Gasteiger partial charge is 0.394 e. The maximum atomic E-state index is 10.3. The molecule has 78 valence electrons. The fraction of sp³-hybridized carbons (Fsp3) is 0.429. The average molecular weight is 219 g/mol. The van der Waals surface area contributed by atoms with Crippen LogP contribution in [0, 0.1) is 10.1 Å². The number of aliphatic hydroxyl groups excluding tert-OH is 3. The van der Waals surface area contributed by atoms with Crippen molar-refractivity contribution in [2.45, 2.75) is 12.2 Å². The van der Waals surface area contributed by atoms with Gasteiger partial charge in [0, 0.05) is 10.9 Å². The average Bonchev–Trinajstić information content (AvgIpc) is 2.64. The molecular formula is C7H9NO5S. The molecule has 0 aliphatic rings. The minimum absolute atomic E-state index is 0.107. The Labute approximate surface area is 83.2 Å². The highest BCUT2D eigenvalue weighted by Crippen LogP contribution is 2.30. The smallest absolute Gasteiger partial charge is 0.324 e. The summed E-state index contributed by atoms with van der Waals surface area (Å²) in [5.41, 5.74) is 0. The van der Waals surface area contributed by atoms with E-state index in [9.17, 15) is 15.2 Å². The van der Waals surface area contributed by atoms with Crippen LogP contribution in [0.2, 0.25) is 0 Å². The lowest BCUT2D eigenvalue weighted by molar-refractivity contribution is -0.380. The van der Waals surface area contributed by atoms with E-state index in [-0.39, 0.29) is 9.88 Å². The molecule has 14 heavy (non-hydrogen) atoms. The second-order valence-corrected chi connectivity index (χ2v) is 3.72. The van der Waals surface area contributed by atoms with Gasteiger partial charge in [0.15, 0.2) is 0 Å². The van der Waals surface area contributed by atoms with Crippen molar-refractivity contribution in [2.24, 2.45) is 0 Å². The molecule has 0 saturated heterocycles. The molecule has 0 bridgehead atoms. The Hall–Kier alpha value is -1.02. The highest BCUT2D eigenvalue weighted by molar-refractivity contribution is 7.15. The second-order valence-electron chi connectivity index (χ2n) is 2.63. The molecular weight excluding hydrogens is 210 g/mol. The van der Waals surface area contributed by atoms with Crippen molar-refractivity contribution in [2.75, 3.05) is 6.61 Å². The summed E-state index contributed by atoms with van der Waals surface area (Å²) in [6, 6.07) is 2.60. The molecule has 0 radical (unpaired) electrons. The number of nitrogens with zero attached hydrogens (tertiary/aromatic N) is 1. The summed E-state index contributed by atoms with van der Waals surface area (Å²) in [6.07, 6.45) is -2.59. The molecule has 1 heterocycles. The van der Waals surface area contributed by atoms with Crippen molar-refractivity contribution in [1.82, 2.24) is 0 Å². The zero-order chi connectivity index (χ0) is 10.7. The van der Waals surface area contributed by atoms with E-state index in [1.165, 1.54) is 12.1 Å². The van der Waals surface area contributed by atoms with Crippen LogP contribution in [0.1, 0.15) is 11.0 Å². The van der Waals surface area contributed by atoms with Crippen LogP contribution in [0.4, 0.5) is 5.00 Å². The van der Waals surface area contributed by atoms with Gasteiger partial charge in [-0.1, -0.05) is 11.3 Å². The van der Waals surface area contributed by atoms with Gasteiger partial charge in [0.25, 0.3) is 0 Å². The summed E-state index contributed by atoms with van der Waals surface area (Å²) in [4.78, 5) is 9.98. The lowest BCUT2D eigenvalue weighted by Crippen LogP contribution is -2.21. The van der Waals surface area contributed by atoms with Gasteiger partial charge in [-0.2, -0.15) is 0 Å². The fourth-order valence-electron chi connectivity index (χ4n) is 0.889. The van der Waals surface area contributed by atoms with Gasteiger partial charge in [0.1, 0.15) is 12.2 Å². The quantitative estimate of drug-likeness (QED) is 0.490. The minimum atomic E-state index is -1.31. The topological polar surface area (TPSA) is 104 Å². The third-order valence-electron chi connectivity index (χ3n) is 1.64. The van der Waals surface area contributed by atoms with E-state index in [4.69, 9.17) is 10.2 Å². The Bertz CT molecular complexity index is 326. The van der Waals surface area contributed by atoms with Crippen molar-refractivity contribution in [3.05, 3.63) is 27.1 Å². The third kappa shape index (κ3) is 2.26. The van der Waals surface area contributed by atoms with Crippen LogP contribution < -0.4 is 0 Å². The Morgan fingerprint density at radius 1 is 1.50 bits per heavy atom. The molecule has 7 heteroatoms. The highest BCUT2D eigenvalue weighted by atomic mass is 32.1. The van der Waals surface area contributed by atoms with Crippen LogP contribution in [-0.4, -0.2) is 33.0 Å². The number of nitro groups is 1. The van der Waals surface area contributed by atoms with Gasteiger partial charge in [-0.25, -0.2) is 0 Å². The summed E-state index contributed by atoms with van der Waals surface area (Å²) in [6.45, 7) is -0.590. The summed E-state index contributed by atoms with van der Waals surface area (Å²) in [5, 5.41) is 37.2. The Kier molecular flexibility index (Phi) is 3.53. The van der Waals surface area contributed by atoms with E-state index in [1.54, 1.807) is 0 Å². The predicted molar refractivity (Wildman–Crippen MR) is 49.0 cm³/mol. The Balaban J connectivity index is 2.81. The van der Waals surface area contributed by atoms with Crippen LogP contribution in [0.15, 0.2) is 12.1 Å². The molecule has 6 nitrogen and oxygen atoms in total. The van der Waals surface area contributed by atoms with Gasteiger partial charge >= 0.3 is 5.00 Å². The standard InChI is InChI=1S/C7H9NO5S/c9-3-4(10)7(11)5-1-2-6(14-5)8(12)13/h1-2,4,7,9-11H,3H2. The SMILES string of the molecule is O=[N+]([O-])c1ccc(C(O)C(O)CO)s1. The van der Waals surface area contributed by atoms with Crippen molar-refractivity contribution >= 4 is 16.3 Å². The highest BCUT2D eigenvalue weighted by Gasteiger charge is 2.21. The van der Waals surface area contributed by atoms with E-state index < -0.39 is 23.7 Å². The predicted octanol–water partition coefficient (Wildman–Crippen LogP) is 0.0429. The zero-order valence-corrected chi connectivity index (χ0v) is 7.85. The van der Waals surface area contributed by atoms with Crippen molar-refractivity contribution in [3.63, 3.8) is 0 Å². The zero-order valence-electron chi connectivity index (χ0n) is 7.03. The van der Waals surface area contributed by atoms with Gasteiger partial charge in [-0.05, 0) is 6.07 Å². The lowest BCUT2D eigenvalue weighted by atomic mass is 10.2. The number of aliphatic hydroxyl groups is 3. The molecule has 0 fully saturated rings. The first-order chi connectivity index (χ1) is 6.56. The Morgan fingerprint density at radius 3 is 2.57 bits per heavy atom. The summed E-state index contributed by atoms with van der Waals surface area (Å²) >= 11 is 0.773. The molecule has 0 aliphatic carbocycles. The van der Waals surface area contributed by atoms with Gasteiger partial charge in [0.05, 0.1) is 11.5 Å². The molecule has 1 rings (SSSR count). The van der Waals surface area contributed by atoms with Crippen LogP contribution >= 0.6 is 11.3 Å². The van der Waals surface area contributed by atoms with E-state index in [0.29, 0.717) is 0 Å². The first-order valence-electron chi connectivity index (χ1n) is 3.77. The third-order valence-corrected chi connectivity index (χ3v) is 2.74. The van der Waals surface area contributed by atoms with E-state index >= 15 is 0 Å². The van der Waals surface area contributed by atoms with Gasteiger partial charge in [-0.15, -0.1) is 0 Å². The Morgan fingerprint density at radius 2 is 2.14 bits per heavy atom. The minimum Gasteiger partial charge on any atom is -0.394 e. The number of hydrogen-bond acceptors (Lipinski definition) is 6.